The summed E-state index contributed by atoms with van der Waals surface area (Å²) in [5.41, 5.74) is 4.65. The second kappa shape index (κ2) is 7.75. The van der Waals surface area contributed by atoms with Crippen LogP contribution in [0.25, 0.3) is 11.3 Å². The molecule has 4 fully saturated rings. The Morgan fingerprint density at radius 2 is 1.52 bits per heavy atom. The molecule has 1 N–H and O–H groups in total. The van der Waals surface area contributed by atoms with Crippen LogP contribution in [0.3, 0.4) is 0 Å². The van der Waals surface area contributed by atoms with Gasteiger partial charge in [0.15, 0.2) is 0 Å². The van der Waals surface area contributed by atoms with Gasteiger partial charge >= 0.3 is 0 Å². The summed E-state index contributed by atoms with van der Waals surface area (Å²) in [6, 6.07) is 18.4. The van der Waals surface area contributed by atoms with Gasteiger partial charge in [0.1, 0.15) is 11.4 Å². The van der Waals surface area contributed by atoms with Gasteiger partial charge in [0.05, 0.1) is 6.54 Å². The highest BCUT2D eigenvalue weighted by Gasteiger charge is 2.50. The summed E-state index contributed by atoms with van der Waals surface area (Å²) >= 11 is 6.05. The lowest BCUT2D eigenvalue weighted by Crippen LogP contribution is -2.58. The number of hydrogen-bond donors (Lipinski definition) is 1. The van der Waals surface area contributed by atoms with E-state index in [4.69, 9.17) is 21.8 Å². The lowest BCUT2D eigenvalue weighted by molar-refractivity contribution is -0.0207. The second-order valence-electron chi connectivity index (χ2n) is 10.1. The molecule has 0 unspecified atom stereocenters. The van der Waals surface area contributed by atoms with Crippen molar-refractivity contribution in [2.75, 3.05) is 0 Å². The summed E-state index contributed by atoms with van der Waals surface area (Å²) in [5.74, 6) is 2.81. The molecule has 31 heavy (non-hydrogen) atoms. The van der Waals surface area contributed by atoms with E-state index in [1.807, 2.05) is 29.1 Å². The van der Waals surface area contributed by atoms with Crippen LogP contribution in [0.5, 0.6) is 0 Å². The topological polar surface area (TPSA) is 42.7 Å². The lowest BCUT2D eigenvalue weighted by atomic mass is 9.53. The van der Waals surface area contributed by atoms with Gasteiger partial charge in [-0.05, 0) is 74.0 Å². The predicted octanol–water partition coefficient (Wildman–Crippen LogP) is 5.71. The van der Waals surface area contributed by atoms with Crippen molar-refractivity contribution in [1.82, 2.24) is 20.3 Å². The average molecular weight is 433 g/mol. The molecule has 4 aliphatic rings. The number of rotatable bonds is 6. The molecule has 4 aliphatic carbocycles. The molecule has 7 rings (SSSR count). The zero-order chi connectivity index (χ0) is 20.8. The Morgan fingerprint density at radius 1 is 0.871 bits per heavy atom. The third-order valence-electron chi connectivity index (χ3n) is 7.68. The van der Waals surface area contributed by atoms with Gasteiger partial charge in [-0.3, -0.25) is 0 Å². The van der Waals surface area contributed by atoms with Crippen molar-refractivity contribution in [1.29, 1.82) is 0 Å². The molecule has 1 aromatic heterocycles. The summed E-state index contributed by atoms with van der Waals surface area (Å²) in [6.07, 6.45) is 8.43. The van der Waals surface area contributed by atoms with Crippen molar-refractivity contribution < 1.29 is 0 Å². The third-order valence-corrected chi connectivity index (χ3v) is 7.93. The highest BCUT2D eigenvalue weighted by molar-refractivity contribution is 6.30. The van der Waals surface area contributed by atoms with E-state index in [1.165, 1.54) is 38.5 Å². The molecule has 3 aromatic rings. The fourth-order valence-electron chi connectivity index (χ4n) is 6.74. The first-order chi connectivity index (χ1) is 15.1. The van der Waals surface area contributed by atoms with Crippen molar-refractivity contribution >= 4 is 11.6 Å². The minimum Gasteiger partial charge on any atom is -0.305 e. The summed E-state index contributed by atoms with van der Waals surface area (Å²) < 4.78 is 0. The van der Waals surface area contributed by atoms with Crippen molar-refractivity contribution in [2.45, 2.75) is 57.2 Å². The van der Waals surface area contributed by atoms with E-state index in [0.29, 0.717) is 12.1 Å². The van der Waals surface area contributed by atoms with E-state index >= 15 is 0 Å². The number of benzene rings is 2. The fraction of sp³-hybridized carbons (Fsp3) is 0.462. The van der Waals surface area contributed by atoms with Crippen LogP contribution in [-0.4, -0.2) is 20.5 Å². The van der Waals surface area contributed by atoms with E-state index in [2.05, 4.69) is 35.6 Å². The first-order valence-corrected chi connectivity index (χ1v) is 12.0. The quantitative estimate of drug-likeness (QED) is 0.542. The van der Waals surface area contributed by atoms with Crippen molar-refractivity contribution in [3.63, 3.8) is 0 Å². The van der Waals surface area contributed by atoms with Crippen molar-refractivity contribution in [2.24, 2.45) is 17.8 Å². The smallest absolute Gasteiger partial charge is 0.117 e. The van der Waals surface area contributed by atoms with Crippen LogP contribution in [0.15, 0.2) is 54.6 Å². The van der Waals surface area contributed by atoms with Gasteiger partial charge in [-0.1, -0.05) is 54.1 Å². The molecule has 5 heteroatoms. The highest BCUT2D eigenvalue weighted by atomic mass is 35.5. The van der Waals surface area contributed by atoms with Crippen LogP contribution in [0.2, 0.25) is 5.02 Å². The maximum Gasteiger partial charge on any atom is 0.117 e. The molecule has 0 saturated heterocycles. The number of hydrogen-bond acceptors (Lipinski definition) is 3. The molecular formula is C26H29ClN4. The van der Waals surface area contributed by atoms with E-state index in [1.54, 1.807) is 0 Å². The molecule has 0 amide bonds. The molecule has 4 saturated carbocycles. The van der Waals surface area contributed by atoms with Gasteiger partial charge in [0.25, 0.3) is 0 Å². The molecule has 4 bridgehead atoms. The van der Waals surface area contributed by atoms with Crippen molar-refractivity contribution in [3.8, 4) is 11.3 Å². The molecule has 0 radical (unpaired) electrons. The lowest BCUT2D eigenvalue weighted by Gasteiger charge is -2.57. The van der Waals surface area contributed by atoms with E-state index in [0.717, 1.165) is 51.8 Å². The van der Waals surface area contributed by atoms with Crippen LogP contribution in [-0.2, 0) is 13.1 Å². The van der Waals surface area contributed by atoms with Crippen LogP contribution >= 0.6 is 11.6 Å². The number of nitrogens with zero attached hydrogens (tertiary/aromatic N) is 3. The second-order valence-corrected chi connectivity index (χ2v) is 10.5. The van der Waals surface area contributed by atoms with E-state index in [9.17, 15) is 0 Å². The Bertz CT molecular complexity index is 1020. The molecule has 0 atom stereocenters. The minimum atomic E-state index is 0.322. The van der Waals surface area contributed by atoms with Crippen LogP contribution in [0.4, 0.5) is 0 Å². The largest absolute Gasteiger partial charge is 0.305 e. The number of nitrogens with one attached hydrogen (secondary N) is 1. The molecule has 4 nitrogen and oxygen atoms in total. The van der Waals surface area contributed by atoms with Crippen LogP contribution in [0, 0.1) is 17.8 Å². The van der Waals surface area contributed by atoms with E-state index < -0.39 is 0 Å². The third kappa shape index (κ3) is 3.92. The normalized spacial score (nSPS) is 28.9. The van der Waals surface area contributed by atoms with Crippen LogP contribution in [0.1, 0.15) is 49.8 Å². The highest BCUT2D eigenvalue weighted by Crippen LogP contribution is 2.55. The van der Waals surface area contributed by atoms with E-state index in [-0.39, 0.29) is 0 Å². The SMILES string of the molecule is Clc1ccc(Cn2nc(CNC34CC5CC(CC(C5)C3)C4)c(-c3ccccc3)n2)cc1. The molecule has 0 spiro atoms. The minimum absolute atomic E-state index is 0.322. The maximum atomic E-state index is 6.05. The molecule has 0 aliphatic heterocycles. The van der Waals surface area contributed by atoms with Gasteiger partial charge in [-0.25, -0.2) is 0 Å². The monoisotopic (exact) mass is 432 g/mol. The standard InChI is InChI=1S/C26H29ClN4/c27-23-8-6-18(7-9-23)17-31-29-24(25(30-31)22-4-2-1-3-5-22)16-28-26-13-19-10-20(14-26)12-21(11-19)15-26/h1-9,19-21,28H,10-17H2. The zero-order valence-electron chi connectivity index (χ0n) is 17.8. The first-order valence-electron chi connectivity index (χ1n) is 11.6. The molecular weight excluding hydrogens is 404 g/mol. The first kappa shape index (κ1) is 19.5. The Kier molecular flexibility index (Phi) is 4.88. The van der Waals surface area contributed by atoms with Gasteiger partial charge in [-0.15, -0.1) is 0 Å². The summed E-state index contributed by atoms with van der Waals surface area (Å²) in [6.45, 7) is 1.44. The Balaban J connectivity index is 1.26. The van der Waals surface area contributed by atoms with Gasteiger partial charge in [0, 0.05) is 22.7 Å². The van der Waals surface area contributed by atoms with Crippen LogP contribution < -0.4 is 5.32 Å². The summed E-state index contributed by atoms with van der Waals surface area (Å²) in [4.78, 5) is 1.84. The summed E-state index contributed by atoms with van der Waals surface area (Å²) in [7, 11) is 0. The number of aromatic nitrogens is 3. The number of halogens is 1. The molecule has 160 valence electrons. The predicted molar refractivity (Wildman–Crippen MR) is 124 cm³/mol. The van der Waals surface area contributed by atoms with Gasteiger partial charge < -0.3 is 5.32 Å². The Hall–Kier alpha value is -2.17. The zero-order valence-corrected chi connectivity index (χ0v) is 18.6. The Morgan fingerprint density at radius 3 is 2.16 bits per heavy atom. The molecule has 1 heterocycles. The molecule has 2 aromatic carbocycles. The Labute approximate surface area is 189 Å². The fourth-order valence-corrected chi connectivity index (χ4v) is 6.87. The maximum absolute atomic E-state index is 6.05. The average Bonchev–Trinajstić information content (AvgIpc) is 3.16. The van der Waals surface area contributed by atoms with Gasteiger partial charge in [-0.2, -0.15) is 15.0 Å². The van der Waals surface area contributed by atoms with Gasteiger partial charge in [0.2, 0.25) is 0 Å². The summed E-state index contributed by atoms with van der Waals surface area (Å²) in [5, 5.41) is 14.6. The van der Waals surface area contributed by atoms with Crippen molar-refractivity contribution in [3.05, 3.63) is 70.9 Å².